The van der Waals surface area contributed by atoms with Crippen LogP contribution in [-0.2, 0) is 10.0 Å². The van der Waals surface area contributed by atoms with Crippen LogP contribution in [0, 0.1) is 0 Å². The van der Waals surface area contributed by atoms with Crippen molar-refractivity contribution in [3.8, 4) is 5.75 Å². The van der Waals surface area contributed by atoms with E-state index in [4.69, 9.17) is 9.15 Å². The largest absolute Gasteiger partial charge is 0.481 e. The van der Waals surface area contributed by atoms with Crippen LogP contribution in [0.15, 0.2) is 58.2 Å². The van der Waals surface area contributed by atoms with E-state index in [-0.39, 0.29) is 4.90 Å². The summed E-state index contributed by atoms with van der Waals surface area (Å²) < 4.78 is 38.0. The highest BCUT2D eigenvalue weighted by Gasteiger charge is 2.42. The molecule has 5 nitrogen and oxygen atoms in total. The van der Waals surface area contributed by atoms with Gasteiger partial charge in [0.05, 0.1) is 12.8 Å². The Balaban J connectivity index is 1.64. The van der Waals surface area contributed by atoms with Gasteiger partial charge in [0.1, 0.15) is 22.5 Å². The number of hydrogen-bond acceptors (Lipinski definition) is 4. The van der Waals surface area contributed by atoms with Crippen molar-refractivity contribution < 1.29 is 17.6 Å². The van der Waals surface area contributed by atoms with Gasteiger partial charge >= 0.3 is 0 Å². The fraction of sp³-hybridized carbons (Fsp3) is 0.294. The van der Waals surface area contributed by atoms with Crippen LogP contribution in [0.3, 0.4) is 0 Å². The van der Waals surface area contributed by atoms with Crippen LogP contribution in [-0.4, -0.2) is 31.4 Å². The van der Waals surface area contributed by atoms with E-state index in [1.807, 2.05) is 36.4 Å². The fourth-order valence-electron chi connectivity index (χ4n) is 3.19. The SMILES string of the molecule is O=S(=O)(c1ccoc1)N1CCCC2(C=Cc3ccccc3O2)C1. The maximum absolute atomic E-state index is 12.7. The van der Waals surface area contributed by atoms with E-state index in [9.17, 15) is 8.42 Å². The van der Waals surface area contributed by atoms with Gasteiger partial charge in [-0.05, 0) is 31.1 Å². The monoisotopic (exact) mass is 331 g/mol. The first-order valence-electron chi connectivity index (χ1n) is 7.59. The van der Waals surface area contributed by atoms with Crippen molar-refractivity contribution in [1.82, 2.24) is 4.31 Å². The van der Waals surface area contributed by atoms with Crippen molar-refractivity contribution in [1.29, 1.82) is 0 Å². The quantitative estimate of drug-likeness (QED) is 0.849. The minimum atomic E-state index is -3.55. The maximum atomic E-state index is 12.7. The Morgan fingerprint density at radius 2 is 2.04 bits per heavy atom. The number of hydrogen-bond donors (Lipinski definition) is 0. The molecular formula is C17H17NO4S. The second kappa shape index (κ2) is 5.25. The summed E-state index contributed by atoms with van der Waals surface area (Å²) in [5.74, 6) is 0.803. The summed E-state index contributed by atoms with van der Waals surface area (Å²) in [4.78, 5) is 0.190. The standard InChI is InChI=1S/C17H17NO4S/c19-23(20,15-7-11-21-12-15)18-10-3-8-17(13-18)9-6-14-4-1-2-5-16(14)22-17/h1-2,4-7,9,11-12H,3,8,10,13H2. The van der Waals surface area contributed by atoms with E-state index in [1.165, 1.54) is 22.9 Å². The average molecular weight is 331 g/mol. The van der Waals surface area contributed by atoms with Crippen molar-refractivity contribution in [2.45, 2.75) is 23.3 Å². The molecular weight excluding hydrogens is 314 g/mol. The highest BCUT2D eigenvalue weighted by molar-refractivity contribution is 7.89. The fourth-order valence-corrected chi connectivity index (χ4v) is 4.65. The van der Waals surface area contributed by atoms with E-state index in [0.717, 1.165) is 24.2 Å². The van der Waals surface area contributed by atoms with Crippen LogP contribution in [0.4, 0.5) is 0 Å². The summed E-state index contributed by atoms with van der Waals surface area (Å²) in [6.45, 7) is 0.805. The third kappa shape index (κ3) is 2.48. The maximum Gasteiger partial charge on any atom is 0.246 e. The summed E-state index contributed by atoms with van der Waals surface area (Å²) in [6.07, 6.45) is 8.21. The summed E-state index contributed by atoms with van der Waals surface area (Å²) in [5, 5.41) is 0. The highest BCUT2D eigenvalue weighted by Crippen LogP contribution is 2.37. The van der Waals surface area contributed by atoms with Crippen LogP contribution >= 0.6 is 0 Å². The Bertz CT molecular complexity index is 841. The Kier molecular flexibility index (Phi) is 3.32. The second-order valence-electron chi connectivity index (χ2n) is 5.94. The van der Waals surface area contributed by atoms with E-state index in [2.05, 4.69) is 0 Å². The van der Waals surface area contributed by atoms with Gasteiger partial charge in [-0.15, -0.1) is 0 Å². The first kappa shape index (κ1) is 14.5. The van der Waals surface area contributed by atoms with Crippen LogP contribution < -0.4 is 4.74 Å². The molecule has 3 heterocycles. The lowest BCUT2D eigenvalue weighted by Gasteiger charge is -2.42. The van der Waals surface area contributed by atoms with Gasteiger partial charge < -0.3 is 9.15 Å². The Morgan fingerprint density at radius 1 is 1.17 bits per heavy atom. The van der Waals surface area contributed by atoms with Gasteiger partial charge in [-0.2, -0.15) is 4.31 Å². The molecule has 1 fully saturated rings. The zero-order valence-corrected chi connectivity index (χ0v) is 13.3. The van der Waals surface area contributed by atoms with Crippen LogP contribution in [0.25, 0.3) is 6.08 Å². The van der Waals surface area contributed by atoms with Crippen molar-refractivity contribution in [2.24, 2.45) is 0 Å². The van der Waals surface area contributed by atoms with Gasteiger partial charge in [0.25, 0.3) is 0 Å². The molecule has 120 valence electrons. The van der Waals surface area contributed by atoms with Crippen molar-refractivity contribution in [3.63, 3.8) is 0 Å². The predicted octanol–water partition coefficient (Wildman–Crippen LogP) is 2.91. The molecule has 0 N–H and O–H groups in total. The predicted molar refractivity (Wildman–Crippen MR) is 85.5 cm³/mol. The van der Waals surface area contributed by atoms with Gasteiger partial charge in [-0.1, -0.05) is 24.3 Å². The van der Waals surface area contributed by atoms with E-state index < -0.39 is 15.6 Å². The third-order valence-corrected chi connectivity index (χ3v) is 6.20. The molecule has 1 aromatic carbocycles. The lowest BCUT2D eigenvalue weighted by atomic mass is 9.90. The molecule has 1 saturated heterocycles. The number of piperidine rings is 1. The topological polar surface area (TPSA) is 59.8 Å². The number of para-hydroxylation sites is 1. The van der Waals surface area contributed by atoms with E-state index >= 15 is 0 Å². The van der Waals surface area contributed by atoms with Crippen LogP contribution in [0.2, 0.25) is 0 Å². The van der Waals surface area contributed by atoms with Gasteiger partial charge in [0, 0.05) is 12.1 Å². The zero-order chi connectivity index (χ0) is 15.9. The molecule has 4 rings (SSSR count). The molecule has 0 radical (unpaired) electrons. The lowest BCUT2D eigenvalue weighted by Crippen LogP contribution is -2.52. The number of rotatable bonds is 2. The number of benzene rings is 1. The molecule has 1 unspecified atom stereocenters. The number of nitrogens with zero attached hydrogens (tertiary/aromatic N) is 1. The molecule has 0 saturated carbocycles. The van der Waals surface area contributed by atoms with Gasteiger partial charge in [0.15, 0.2) is 0 Å². The number of fused-ring (bicyclic) bond motifs is 1. The molecule has 1 aromatic heterocycles. The average Bonchev–Trinajstić information content (AvgIpc) is 3.10. The first-order chi connectivity index (χ1) is 11.1. The van der Waals surface area contributed by atoms with Gasteiger partial charge in [-0.25, -0.2) is 8.42 Å². The molecule has 2 aliphatic heterocycles. The molecule has 0 bridgehead atoms. The summed E-state index contributed by atoms with van der Waals surface area (Å²) in [5.41, 5.74) is 0.427. The molecule has 2 aromatic rings. The Hall–Kier alpha value is -2.05. The number of ether oxygens (including phenoxy) is 1. The number of sulfonamides is 1. The molecule has 6 heteroatoms. The Labute approximate surface area is 135 Å². The molecule has 0 aliphatic carbocycles. The molecule has 0 amide bonds. The van der Waals surface area contributed by atoms with Gasteiger partial charge in [-0.3, -0.25) is 0 Å². The minimum Gasteiger partial charge on any atom is -0.481 e. The van der Waals surface area contributed by atoms with Gasteiger partial charge in [0.2, 0.25) is 10.0 Å². The van der Waals surface area contributed by atoms with Crippen molar-refractivity contribution in [3.05, 3.63) is 54.5 Å². The van der Waals surface area contributed by atoms with Crippen molar-refractivity contribution >= 4 is 16.1 Å². The van der Waals surface area contributed by atoms with E-state index in [0.29, 0.717) is 13.1 Å². The molecule has 1 spiro atoms. The lowest BCUT2D eigenvalue weighted by molar-refractivity contribution is 0.0579. The molecule has 2 aliphatic rings. The van der Waals surface area contributed by atoms with Crippen LogP contribution in [0.5, 0.6) is 5.75 Å². The zero-order valence-electron chi connectivity index (χ0n) is 12.5. The normalized spacial score (nSPS) is 24.3. The first-order valence-corrected chi connectivity index (χ1v) is 9.03. The van der Waals surface area contributed by atoms with Crippen LogP contribution in [0.1, 0.15) is 18.4 Å². The smallest absolute Gasteiger partial charge is 0.246 e. The summed E-state index contributed by atoms with van der Waals surface area (Å²) >= 11 is 0. The van der Waals surface area contributed by atoms with E-state index in [1.54, 1.807) is 0 Å². The Morgan fingerprint density at radius 3 is 2.87 bits per heavy atom. The van der Waals surface area contributed by atoms with Crippen molar-refractivity contribution in [2.75, 3.05) is 13.1 Å². The highest BCUT2D eigenvalue weighted by atomic mass is 32.2. The third-order valence-electron chi connectivity index (χ3n) is 4.38. The molecule has 23 heavy (non-hydrogen) atoms. The number of furan rings is 1. The minimum absolute atomic E-state index is 0.190. The molecule has 1 atom stereocenters. The second-order valence-corrected chi connectivity index (χ2v) is 7.88. The summed E-state index contributed by atoms with van der Waals surface area (Å²) in [7, 11) is -3.55. The summed E-state index contributed by atoms with van der Waals surface area (Å²) in [6, 6.07) is 9.27.